The van der Waals surface area contributed by atoms with Gasteiger partial charge in [0.1, 0.15) is 5.60 Å². The second kappa shape index (κ2) is 5.95. The van der Waals surface area contributed by atoms with Gasteiger partial charge in [-0.3, -0.25) is 4.98 Å². The third kappa shape index (κ3) is 3.19. The average Bonchev–Trinajstić information content (AvgIpc) is 2.46. The number of rotatable bonds is 5. The lowest BCUT2D eigenvalue weighted by molar-refractivity contribution is 0.0586. The van der Waals surface area contributed by atoms with Crippen molar-refractivity contribution in [3.05, 3.63) is 66.0 Å². The van der Waals surface area contributed by atoms with Gasteiger partial charge >= 0.3 is 0 Å². The summed E-state index contributed by atoms with van der Waals surface area (Å²) >= 11 is 0. The van der Waals surface area contributed by atoms with Gasteiger partial charge < -0.3 is 10.0 Å². The topological polar surface area (TPSA) is 36.4 Å². The fourth-order valence-corrected chi connectivity index (χ4v) is 2.13. The van der Waals surface area contributed by atoms with Crippen molar-refractivity contribution in [3.63, 3.8) is 0 Å². The number of hydrogen-bond acceptors (Lipinski definition) is 3. The van der Waals surface area contributed by atoms with Crippen LogP contribution in [0.2, 0.25) is 0 Å². The molecule has 0 aliphatic heterocycles. The highest BCUT2D eigenvalue weighted by atomic mass is 16.3. The minimum atomic E-state index is -1.03. The van der Waals surface area contributed by atoms with Gasteiger partial charge in [0.2, 0.25) is 0 Å². The molecule has 1 atom stereocenters. The molecular weight excluding hydrogens is 236 g/mol. The van der Waals surface area contributed by atoms with Crippen molar-refractivity contribution in [3.8, 4) is 0 Å². The van der Waals surface area contributed by atoms with Crippen molar-refractivity contribution in [2.24, 2.45) is 0 Å². The van der Waals surface area contributed by atoms with E-state index in [4.69, 9.17) is 0 Å². The first kappa shape index (κ1) is 13.7. The SMILES string of the molecule is CN(C)CCC(O)(c1ccccc1)c1ccccn1. The fraction of sp³-hybridized carbons (Fsp3) is 0.312. The summed E-state index contributed by atoms with van der Waals surface area (Å²) in [5.74, 6) is 0. The molecule has 19 heavy (non-hydrogen) atoms. The minimum Gasteiger partial charge on any atom is -0.379 e. The number of aliphatic hydroxyl groups is 1. The molecule has 0 saturated carbocycles. The number of pyridine rings is 1. The van der Waals surface area contributed by atoms with E-state index in [1.165, 1.54) is 0 Å². The summed E-state index contributed by atoms with van der Waals surface area (Å²) in [5, 5.41) is 11.1. The van der Waals surface area contributed by atoms with E-state index in [0.717, 1.165) is 12.1 Å². The highest BCUT2D eigenvalue weighted by Crippen LogP contribution is 2.31. The molecule has 0 amide bonds. The lowest BCUT2D eigenvalue weighted by atomic mass is 9.86. The van der Waals surface area contributed by atoms with Crippen LogP contribution < -0.4 is 0 Å². The zero-order valence-electron chi connectivity index (χ0n) is 11.5. The number of aromatic nitrogens is 1. The van der Waals surface area contributed by atoms with Gasteiger partial charge in [-0.2, -0.15) is 0 Å². The maximum atomic E-state index is 11.1. The average molecular weight is 256 g/mol. The van der Waals surface area contributed by atoms with Crippen molar-refractivity contribution >= 4 is 0 Å². The first-order valence-electron chi connectivity index (χ1n) is 6.47. The van der Waals surface area contributed by atoms with Crippen LogP contribution in [0, 0.1) is 0 Å². The molecule has 0 spiro atoms. The quantitative estimate of drug-likeness (QED) is 0.891. The van der Waals surface area contributed by atoms with Gasteiger partial charge in [-0.1, -0.05) is 36.4 Å². The van der Waals surface area contributed by atoms with Crippen molar-refractivity contribution < 1.29 is 5.11 Å². The lowest BCUT2D eigenvalue weighted by Gasteiger charge is -2.29. The predicted molar refractivity (Wildman–Crippen MR) is 76.8 cm³/mol. The molecule has 1 N–H and O–H groups in total. The Morgan fingerprint density at radius 3 is 2.32 bits per heavy atom. The van der Waals surface area contributed by atoms with E-state index in [9.17, 15) is 5.11 Å². The van der Waals surface area contributed by atoms with Crippen LogP contribution in [-0.2, 0) is 5.60 Å². The number of nitrogens with zero attached hydrogens (tertiary/aromatic N) is 2. The molecule has 0 aliphatic carbocycles. The van der Waals surface area contributed by atoms with Crippen molar-refractivity contribution in [2.75, 3.05) is 20.6 Å². The molecule has 2 rings (SSSR count). The maximum Gasteiger partial charge on any atom is 0.133 e. The largest absolute Gasteiger partial charge is 0.379 e. The van der Waals surface area contributed by atoms with Gasteiger partial charge in [0.25, 0.3) is 0 Å². The van der Waals surface area contributed by atoms with Crippen molar-refractivity contribution in [2.45, 2.75) is 12.0 Å². The minimum absolute atomic E-state index is 0.612. The first-order chi connectivity index (χ1) is 9.13. The van der Waals surface area contributed by atoms with E-state index in [0.29, 0.717) is 12.1 Å². The van der Waals surface area contributed by atoms with Crippen molar-refractivity contribution in [1.82, 2.24) is 9.88 Å². The molecule has 3 heteroatoms. The van der Waals surface area contributed by atoms with E-state index >= 15 is 0 Å². The summed E-state index contributed by atoms with van der Waals surface area (Å²) in [6, 6.07) is 15.4. The highest BCUT2D eigenvalue weighted by molar-refractivity contribution is 5.32. The summed E-state index contributed by atoms with van der Waals surface area (Å²) in [7, 11) is 4.01. The van der Waals surface area contributed by atoms with Crippen LogP contribution in [0.15, 0.2) is 54.7 Å². The lowest BCUT2D eigenvalue weighted by Crippen LogP contribution is -2.32. The molecule has 0 fully saturated rings. The third-order valence-corrected chi connectivity index (χ3v) is 3.26. The fourth-order valence-electron chi connectivity index (χ4n) is 2.13. The molecular formula is C16H20N2O. The summed E-state index contributed by atoms with van der Waals surface area (Å²) in [6.07, 6.45) is 2.33. The Hall–Kier alpha value is -1.71. The van der Waals surface area contributed by atoms with E-state index in [1.54, 1.807) is 6.20 Å². The molecule has 0 saturated heterocycles. The Kier molecular flexibility index (Phi) is 4.30. The summed E-state index contributed by atoms with van der Waals surface area (Å²) in [5.41, 5.74) is 0.547. The molecule has 0 aliphatic rings. The summed E-state index contributed by atoms with van der Waals surface area (Å²) in [6.45, 7) is 0.794. The van der Waals surface area contributed by atoms with Gasteiger partial charge in [0.05, 0.1) is 5.69 Å². The Morgan fingerprint density at radius 2 is 1.74 bits per heavy atom. The van der Waals surface area contributed by atoms with E-state index in [2.05, 4.69) is 9.88 Å². The summed E-state index contributed by atoms with van der Waals surface area (Å²) in [4.78, 5) is 6.40. The smallest absolute Gasteiger partial charge is 0.133 e. The zero-order chi connectivity index (χ0) is 13.7. The molecule has 3 nitrogen and oxygen atoms in total. The Balaban J connectivity index is 2.39. The molecule has 2 aromatic rings. The zero-order valence-corrected chi connectivity index (χ0v) is 11.5. The first-order valence-corrected chi connectivity index (χ1v) is 6.47. The van der Waals surface area contributed by atoms with Crippen LogP contribution in [0.5, 0.6) is 0 Å². The molecule has 0 radical (unpaired) electrons. The van der Waals surface area contributed by atoms with Crippen LogP contribution in [-0.4, -0.2) is 35.6 Å². The monoisotopic (exact) mass is 256 g/mol. The van der Waals surface area contributed by atoms with Gasteiger partial charge in [-0.05, 0) is 38.2 Å². The van der Waals surface area contributed by atoms with Crippen molar-refractivity contribution in [1.29, 1.82) is 0 Å². The second-order valence-corrected chi connectivity index (χ2v) is 4.99. The van der Waals surface area contributed by atoms with Gasteiger partial charge in [0, 0.05) is 12.7 Å². The third-order valence-electron chi connectivity index (χ3n) is 3.26. The predicted octanol–water partition coefficient (Wildman–Crippen LogP) is 2.27. The van der Waals surface area contributed by atoms with Crippen LogP contribution >= 0.6 is 0 Å². The Labute approximate surface area is 114 Å². The van der Waals surface area contributed by atoms with E-state index in [1.807, 2.05) is 62.6 Å². The molecule has 0 bridgehead atoms. The Bertz CT molecular complexity index is 457. The number of benzene rings is 1. The molecule has 1 aromatic heterocycles. The molecule has 1 aromatic carbocycles. The summed E-state index contributed by atoms with van der Waals surface area (Å²) < 4.78 is 0. The van der Waals surface area contributed by atoms with E-state index in [-0.39, 0.29) is 0 Å². The highest BCUT2D eigenvalue weighted by Gasteiger charge is 2.32. The van der Waals surface area contributed by atoms with Gasteiger partial charge in [-0.25, -0.2) is 0 Å². The number of hydrogen-bond donors (Lipinski definition) is 1. The normalized spacial score (nSPS) is 14.3. The molecule has 100 valence electrons. The van der Waals surface area contributed by atoms with Crippen LogP contribution in [0.1, 0.15) is 17.7 Å². The van der Waals surface area contributed by atoms with Crippen LogP contribution in [0.4, 0.5) is 0 Å². The molecule has 1 heterocycles. The Morgan fingerprint density at radius 1 is 1.05 bits per heavy atom. The van der Waals surface area contributed by atoms with Gasteiger partial charge in [0.15, 0.2) is 0 Å². The van der Waals surface area contributed by atoms with Crippen LogP contribution in [0.3, 0.4) is 0 Å². The molecule has 1 unspecified atom stereocenters. The maximum absolute atomic E-state index is 11.1. The van der Waals surface area contributed by atoms with Crippen LogP contribution in [0.25, 0.3) is 0 Å². The van der Waals surface area contributed by atoms with E-state index < -0.39 is 5.60 Å². The second-order valence-electron chi connectivity index (χ2n) is 4.99. The standard InChI is InChI=1S/C16H20N2O/c1-18(2)13-11-16(19,14-8-4-3-5-9-14)15-10-6-7-12-17-15/h3-10,12,19H,11,13H2,1-2H3. The van der Waals surface area contributed by atoms with Gasteiger partial charge in [-0.15, -0.1) is 0 Å².